The van der Waals surface area contributed by atoms with Gasteiger partial charge in [-0.25, -0.2) is 9.18 Å². The zero-order valence-electron chi connectivity index (χ0n) is 18.4. The maximum Gasteiger partial charge on any atom is 0.368 e. The number of carbonyl (C=O) groups excluding carboxylic acids is 1. The van der Waals surface area contributed by atoms with E-state index in [0.29, 0.717) is 12.8 Å². The van der Waals surface area contributed by atoms with Gasteiger partial charge in [0.25, 0.3) is 5.91 Å². The summed E-state index contributed by atoms with van der Waals surface area (Å²) < 4.78 is 44.9. The molecular weight excluding hydrogens is 447 g/mol. The summed E-state index contributed by atoms with van der Waals surface area (Å²) in [5.74, 6) is -7.35. The van der Waals surface area contributed by atoms with Crippen molar-refractivity contribution in [2.75, 3.05) is 5.32 Å². The van der Waals surface area contributed by atoms with Gasteiger partial charge in [-0.15, -0.1) is 0 Å². The Hall–Kier alpha value is -1.96. The lowest BCUT2D eigenvalue weighted by Gasteiger charge is -2.18. The van der Waals surface area contributed by atoms with Gasteiger partial charge in [0.1, 0.15) is 5.75 Å². The van der Waals surface area contributed by atoms with Gasteiger partial charge in [-0.2, -0.15) is 8.78 Å². The van der Waals surface area contributed by atoms with Gasteiger partial charge in [-0.05, 0) is 25.0 Å². The first-order valence-electron chi connectivity index (χ1n) is 11.2. The van der Waals surface area contributed by atoms with Crippen molar-refractivity contribution in [2.24, 2.45) is 0 Å². The normalized spacial score (nSPS) is 13.4. The molecule has 0 aromatic heterocycles. The first-order chi connectivity index (χ1) is 15.2. The molecule has 0 aliphatic heterocycles. The smallest absolute Gasteiger partial charge is 0.368 e. The number of nitrogens with one attached hydrogen (secondary N) is 1. The fourth-order valence-electron chi connectivity index (χ4n) is 3.17. The average Bonchev–Trinajstić information content (AvgIpc) is 2.74. The van der Waals surface area contributed by atoms with Crippen LogP contribution in [0.3, 0.4) is 0 Å². The number of carboxylic acids is 1. The second-order valence-corrected chi connectivity index (χ2v) is 8.20. The second kappa shape index (κ2) is 15.0. The largest absolute Gasteiger partial charge is 0.479 e. The van der Waals surface area contributed by atoms with Crippen LogP contribution in [0.1, 0.15) is 77.6 Å². The lowest BCUT2D eigenvalue weighted by molar-refractivity contribution is -0.145. The van der Waals surface area contributed by atoms with Gasteiger partial charge in [-0.1, -0.05) is 82.4 Å². The Morgan fingerprint density at radius 1 is 1.06 bits per heavy atom. The Morgan fingerprint density at radius 2 is 1.62 bits per heavy atom. The van der Waals surface area contributed by atoms with E-state index in [1.54, 1.807) is 0 Å². The van der Waals surface area contributed by atoms with Crippen LogP contribution in [0.2, 0.25) is 0 Å². The summed E-state index contributed by atoms with van der Waals surface area (Å²) in [6, 6.07) is 5.34. The zero-order valence-corrected chi connectivity index (χ0v) is 19.2. The van der Waals surface area contributed by atoms with E-state index >= 15 is 0 Å². The minimum atomic E-state index is -4.41. The van der Waals surface area contributed by atoms with E-state index in [1.807, 2.05) is 5.32 Å². The molecule has 2 N–H and O–H groups in total. The van der Waals surface area contributed by atoms with Crippen LogP contribution in [-0.4, -0.2) is 34.6 Å². The van der Waals surface area contributed by atoms with E-state index in [2.05, 4.69) is 6.92 Å². The molecule has 0 aliphatic rings. The molecule has 0 aliphatic carbocycles. The Morgan fingerprint density at radius 3 is 2.16 bits per heavy atom. The van der Waals surface area contributed by atoms with Crippen molar-refractivity contribution in [3.63, 3.8) is 0 Å². The van der Waals surface area contributed by atoms with Gasteiger partial charge < -0.3 is 15.2 Å². The molecule has 1 amide bonds. The molecule has 1 aromatic rings. The van der Waals surface area contributed by atoms with Crippen molar-refractivity contribution in [1.82, 2.24) is 0 Å². The summed E-state index contributed by atoms with van der Waals surface area (Å²) in [6.45, 7) is 2.19. The summed E-state index contributed by atoms with van der Waals surface area (Å²) in [5, 5.41) is 11.3. The standard InChI is InChI=1S/C23H33ClF3NO4/c1-2-3-4-5-6-7-8-9-10-11-15-19(20(29)30)32-18-14-12-13-17(16-18)28-22(31)23(26,27)21(24)25/h12-14,16,19,21H,2-11,15H2,1H3,(H,28,31)(H,29,30). The summed E-state index contributed by atoms with van der Waals surface area (Å²) in [4.78, 5) is 23.0. The summed E-state index contributed by atoms with van der Waals surface area (Å²) in [5.41, 5.74) is -3.26. The van der Waals surface area contributed by atoms with Gasteiger partial charge in [0.2, 0.25) is 5.63 Å². The maximum atomic E-state index is 13.3. The minimum Gasteiger partial charge on any atom is -0.479 e. The summed E-state index contributed by atoms with van der Waals surface area (Å²) in [7, 11) is 0. The Bertz CT molecular complexity index is 704. The molecule has 0 heterocycles. The van der Waals surface area contributed by atoms with Crippen molar-refractivity contribution in [3.05, 3.63) is 24.3 Å². The van der Waals surface area contributed by atoms with Gasteiger partial charge in [0.15, 0.2) is 6.10 Å². The molecule has 1 rings (SSSR count). The molecule has 182 valence electrons. The first-order valence-corrected chi connectivity index (χ1v) is 11.6. The van der Waals surface area contributed by atoms with Gasteiger partial charge in [0, 0.05) is 11.8 Å². The molecule has 0 fully saturated rings. The molecule has 0 saturated heterocycles. The molecular formula is C23H33ClF3NO4. The molecule has 9 heteroatoms. The van der Waals surface area contributed by atoms with Crippen LogP contribution in [0.5, 0.6) is 5.75 Å². The third-order valence-corrected chi connectivity index (χ3v) is 5.32. The molecule has 2 atom stereocenters. The number of hydrogen-bond donors (Lipinski definition) is 2. The van der Waals surface area contributed by atoms with Crippen LogP contribution < -0.4 is 10.1 Å². The lowest BCUT2D eigenvalue weighted by Crippen LogP contribution is -2.40. The predicted octanol–water partition coefficient (Wildman–Crippen LogP) is 6.94. The third kappa shape index (κ3) is 10.6. The van der Waals surface area contributed by atoms with E-state index in [1.165, 1.54) is 62.8 Å². The van der Waals surface area contributed by atoms with Crippen molar-refractivity contribution in [3.8, 4) is 5.75 Å². The van der Waals surface area contributed by atoms with Crippen LogP contribution in [-0.2, 0) is 9.59 Å². The van der Waals surface area contributed by atoms with E-state index in [0.717, 1.165) is 19.3 Å². The Labute approximate surface area is 192 Å². The van der Waals surface area contributed by atoms with Crippen molar-refractivity contribution in [1.29, 1.82) is 0 Å². The van der Waals surface area contributed by atoms with Crippen molar-refractivity contribution >= 4 is 29.2 Å². The average molecular weight is 480 g/mol. The highest BCUT2D eigenvalue weighted by Crippen LogP contribution is 2.27. The number of unbranched alkanes of at least 4 members (excludes halogenated alkanes) is 9. The fraction of sp³-hybridized carbons (Fsp3) is 0.652. The number of carbonyl (C=O) groups is 2. The quantitative estimate of drug-likeness (QED) is 0.187. The number of halogens is 4. The monoisotopic (exact) mass is 479 g/mol. The molecule has 0 spiro atoms. The minimum absolute atomic E-state index is 0.0902. The van der Waals surface area contributed by atoms with Crippen LogP contribution in [0.15, 0.2) is 24.3 Å². The number of alkyl halides is 4. The topological polar surface area (TPSA) is 75.6 Å². The highest BCUT2D eigenvalue weighted by atomic mass is 35.5. The number of ether oxygens (including phenoxy) is 1. The molecule has 5 nitrogen and oxygen atoms in total. The number of hydrogen-bond acceptors (Lipinski definition) is 3. The fourth-order valence-corrected chi connectivity index (χ4v) is 3.27. The second-order valence-electron chi connectivity index (χ2n) is 7.82. The SMILES string of the molecule is CCCCCCCCCCCCC(Oc1cccc(NC(=O)C(F)(F)C(F)Cl)c1)C(=O)O. The highest BCUT2D eigenvalue weighted by Gasteiger charge is 2.47. The number of carboxylic acid groups (broad SMARTS) is 1. The molecule has 0 bridgehead atoms. The molecule has 0 saturated carbocycles. The van der Waals surface area contributed by atoms with Crippen molar-refractivity contribution in [2.45, 2.75) is 95.2 Å². The first kappa shape index (κ1) is 28.1. The number of amides is 1. The van der Waals surface area contributed by atoms with Gasteiger partial charge in [-0.3, -0.25) is 4.79 Å². The molecule has 32 heavy (non-hydrogen) atoms. The number of aliphatic carboxylic acids is 1. The third-order valence-electron chi connectivity index (χ3n) is 5.04. The van der Waals surface area contributed by atoms with E-state index < -0.39 is 29.5 Å². The van der Waals surface area contributed by atoms with Crippen molar-refractivity contribution < 1.29 is 32.6 Å². The number of anilines is 1. The lowest BCUT2D eigenvalue weighted by atomic mass is 10.0. The van der Waals surface area contributed by atoms with E-state index in [-0.39, 0.29) is 11.4 Å². The maximum absolute atomic E-state index is 13.3. The van der Waals surface area contributed by atoms with Crippen LogP contribution >= 0.6 is 11.6 Å². The zero-order chi connectivity index (χ0) is 24.0. The highest BCUT2D eigenvalue weighted by molar-refractivity contribution is 6.22. The number of rotatable bonds is 17. The molecule has 1 aromatic carbocycles. The summed E-state index contributed by atoms with van der Waals surface area (Å²) in [6.07, 6.45) is 10.4. The molecule has 2 unspecified atom stereocenters. The van der Waals surface area contributed by atoms with Crippen LogP contribution in [0.4, 0.5) is 18.9 Å². The van der Waals surface area contributed by atoms with E-state index in [4.69, 9.17) is 16.3 Å². The van der Waals surface area contributed by atoms with Crippen LogP contribution in [0.25, 0.3) is 0 Å². The van der Waals surface area contributed by atoms with E-state index in [9.17, 15) is 27.9 Å². The Kier molecular flexibility index (Phi) is 13.1. The summed E-state index contributed by atoms with van der Waals surface area (Å²) >= 11 is 4.71. The predicted molar refractivity (Wildman–Crippen MR) is 119 cm³/mol. The van der Waals surface area contributed by atoms with Gasteiger partial charge >= 0.3 is 11.9 Å². The van der Waals surface area contributed by atoms with Crippen LogP contribution in [0, 0.1) is 0 Å². The van der Waals surface area contributed by atoms with Gasteiger partial charge in [0.05, 0.1) is 0 Å². The molecule has 0 radical (unpaired) electrons. The Balaban J connectivity index is 2.45. The number of benzene rings is 1.